The van der Waals surface area contributed by atoms with Crippen molar-refractivity contribution in [1.82, 2.24) is 47.5 Å². The number of aliphatic carboxylic acids is 1. The highest BCUT2D eigenvalue weighted by atomic mass is 35.5. The highest BCUT2D eigenvalue weighted by Gasteiger charge is 2.35. The molecule has 0 bridgehead atoms. The molecule has 0 saturated carbocycles. The molecule has 23 heteroatoms. The van der Waals surface area contributed by atoms with Gasteiger partial charge in [0.15, 0.2) is 0 Å². The normalized spacial score (nSPS) is 13.7. The van der Waals surface area contributed by atoms with Crippen LogP contribution in [0.5, 0.6) is 5.75 Å². The average molecular weight is 1120 g/mol. The average Bonchev–Trinajstić information content (AvgIpc) is 3.42. The van der Waals surface area contributed by atoms with E-state index in [0.29, 0.717) is 21.7 Å². The second-order valence-corrected chi connectivity index (χ2v) is 20.1. The molecule has 80 heavy (non-hydrogen) atoms. The van der Waals surface area contributed by atoms with Crippen LogP contribution in [0.15, 0.2) is 116 Å². The number of benzene rings is 4. The third-order valence-electron chi connectivity index (χ3n) is 12.8. The Hall–Kier alpha value is -8.63. The molecule has 7 atom stereocenters. The van der Waals surface area contributed by atoms with E-state index in [-0.39, 0.29) is 69.6 Å². The number of amides is 9. The van der Waals surface area contributed by atoms with Crippen LogP contribution in [0.1, 0.15) is 68.7 Å². The number of urea groups is 1. The van der Waals surface area contributed by atoms with E-state index >= 15 is 0 Å². The number of aromatic hydroxyl groups is 1. The molecule has 0 aliphatic carbocycles. The summed E-state index contributed by atoms with van der Waals surface area (Å²) in [6, 6.07) is 18.0. The van der Waals surface area contributed by atoms with Gasteiger partial charge in [-0.2, -0.15) is 0 Å². The van der Waals surface area contributed by atoms with Crippen molar-refractivity contribution < 1.29 is 58.5 Å². The number of nitrogens with one attached hydrogen (secondary N) is 8. The number of nitrogens with two attached hydrogens (primary N) is 1. The van der Waals surface area contributed by atoms with Crippen LogP contribution in [-0.4, -0.2) is 129 Å². The van der Waals surface area contributed by atoms with E-state index in [2.05, 4.69) is 47.5 Å². The van der Waals surface area contributed by atoms with Crippen molar-refractivity contribution in [3.05, 3.63) is 143 Å². The number of hydrogen-bond donors (Lipinski definition) is 12. The summed E-state index contributed by atoms with van der Waals surface area (Å²) in [5, 5.41) is 53.4. The summed E-state index contributed by atoms with van der Waals surface area (Å²) in [7, 11) is 0. The van der Waals surface area contributed by atoms with Crippen LogP contribution in [-0.2, 0) is 64.0 Å². The zero-order valence-corrected chi connectivity index (χ0v) is 45.3. The lowest BCUT2D eigenvalue weighted by Crippen LogP contribution is -2.61. The van der Waals surface area contributed by atoms with E-state index in [9.17, 15) is 58.5 Å². The first-order chi connectivity index (χ1) is 38.2. The van der Waals surface area contributed by atoms with E-state index in [1.54, 1.807) is 62.6 Å². The van der Waals surface area contributed by atoms with Crippen molar-refractivity contribution in [3.8, 4) is 5.75 Å². The smallest absolute Gasteiger partial charge is 0.326 e. The first kappa shape index (κ1) is 62.2. The number of pyridine rings is 1. The maximum Gasteiger partial charge on any atom is 0.326 e. The fraction of sp³-hybridized carbons (Fsp3) is 0.368. The lowest BCUT2D eigenvalue weighted by atomic mass is 9.99. The molecule has 9 amide bonds. The standard InChI is InChI=1S/C57H69ClN10O12/c1-33(2)26-48(56(78)79)67-50(72)43(11-7-25-61-57(59)80)63-53(75)47(29-36-15-21-42(71)22-16-36)66-55(77)49(32-69)68-51(73)44(23-17-37-8-6-24-60-31-37)64-54(76)46(28-35-13-19-41(58)20-14-35)65-52(74)45(62-34(3)70)30-38-12-18-39-9-4-5-10-40(39)27-38/h4-6,8-10,12-16,18-22,24,27,31,33,43-49,69,71H,7,11,17,23,25-26,28-30,32H2,1-3H3,(H,62,70)(H,63,75)(H,64,76)(H,65,74)(H,66,77)(H,67,72)(H,68,73)(H,78,79)(H3,59,61,80)/t43-,44-,45-,46-,47+,48+,49+/m1/s1. The molecule has 0 unspecified atom stereocenters. The third-order valence-corrected chi connectivity index (χ3v) is 13.0. The molecular weight excluding hydrogens is 1050 g/mol. The monoisotopic (exact) mass is 1120 g/mol. The van der Waals surface area contributed by atoms with Gasteiger partial charge in [-0.15, -0.1) is 0 Å². The molecule has 0 radical (unpaired) electrons. The Bertz CT molecular complexity index is 2930. The second kappa shape index (κ2) is 31.1. The van der Waals surface area contributed by atoms with Crippen LogP contribution < -0.4 is 48.3 Å². The van der Waals surface area contributed by atoms with Gasteiger partial charge in [0.1, 0.15) is 48.0 Å². The SMILES string of the molecule is CC(=O)N[C@H](Cc1ccc2ccccc2c1)C(=O)N[C@H](Cc1ccc(Cl)cc1)C(=O)N[C@H](CCc1cccnc1)C(=O)N[C@@H](CO)C(=O)N[C@@H](Cc1ccc(O)cc1)C(=O)N[C@H](CCCNC(N)=O)C(=O)N[C@@H](CC(C)C)C(=O)O. The number of aryl methyl sites for hydroxylation is 1. The number of hydrogen-bond acceptors (Lipinski definition) is 12. The Balaban J connectivity index is 1.41. The second-order valence-electron chi connectivity index (χ2n) is 19.7. The highest BCUT2D eigenvalue weighted by Crippen LogP contribution is 2.19. The van der Waals surface area contributed by atoms with Crippen molar-refractivity contribution in [2.45, 2.75) is 114 Å². The number of aliphatic hydroxyl groups excluding tert-OH is 1. The van der Waals surface area contributed by atoms with Crippen LogP contribution in [0.4, 0.5) is 4.79 Å². The van der Waals surface area contributed by atoms with Gasteiger partial charge in [0.25, 0.3) is 0 Å². The Morgan fingerprint density at radius 1 is 0.562 bits per heavy atom. The molecule has 426 valence electrons. The summed E-state index contributed by atoms with van der Waals surface area (Å²) in [4.78, 5) is 126. The largest absolute Gasteiger partial charge is 0.508 e. The van der Waals surface area contributed by atoms with Gasteiger partial charge in [0, 0.05) is 50.1 Å². The molecule has 1 heterocycles. The first-order valence-electron chi connectivity index (χ1n) is 26.0. The maximum atomic E-state index is 14.6. The van der Waals surface area contributed by atoms with Crippen molar-refractivity contribution in [3.63, 3.8) is 0 Å². The van der Waals surface area contributed by atoms with E-state index in [0.717, 1.165) is 16.3 Å². The molecule has 0 fully saturated rings. The third kappa shape index (κ3) is 20.6. The van der Waals surface area contributed by atoms with Gasteiger partial charge in [-0.1, -0.05) is 98.2 Å². The number of aliphatic hydroxyl groups is 1. The number of halogens is 1. The van der Waals surface area contributed by atoms with Gasteiger partial charge < -0.3 is 63.6 Å². The molecule has 0 aliphatic heterocycles. The predicted octanol–water partition coefficient (Wildman–Crippen LogP) is 2.24. The quantitative estimate of drug-likeness (QED) is 0.0294. The number of rotatable bonds is 30. The molecule has 1 aromatic heterocycles. The number of phenols is 1. The zero-order chi connectivity index (χ0) is 58.3. The van der Waals surface area contributed by atoms with Gasteiger partial charge in [-0.3, -0.25) is 38.5 Å². The number of fused-ring (bicyclic) bond motifs is 1. The van der Waals surface area contributed by atoms with Crippen LogP contribution >= 0.6 is 11.6 Å². The molecule has 0 spiro atoms. The highest BCUT2D eigenvalue weighted by molar-refractivity contribution is 6.30. The van der Waals surface area contributed by atoms with Crippen molar-refractivity contribution in [1.29, 1.82) is 0 Å². The Kier molecular flexibility index (Phi) is 24.2. The zero-order valence-electron chi connectivity index (χ0n) is 44.6. The minimum Gasteiger partial charge on any atom is -0.508 e. The van der Waals surface area contributed by atoms with E-state index in [1.807, 2.05) is 42.5 Å². The first-order valence-corrected chi connectivity index (χ1v) is 26.4. The number of carbonyl (C=O) groups is 9. The molecule has 0 saturated heterocycles. The Labute approximate surface area is 467 Å². The maximum absolute atomic E-state index is 14.6. The van der Waals surface area contributed by atoms with E-state index in [4.69, 9.17) is 17.3 Å². The van der Waals surface area contributed by atoms with Crippen LogP contribution in [0.25, 0.3) is 10.8 Å². The number of carbonyl (C=O) groups excluding carboxylic acids is 8. The molecule has 22 nitrogen and oxygen atoms in total. The molecule has 0 aliphatic rings. The number of primary amides is 1. The predicted molar refractivity (Wildman–Crippen MR) is 297 cm³/mol. The van der Waals surface area contributed by atoms with Crippen molar-refractivity contribution >= 4 is 75.7 Å². The summed E-state index contributed by atoms with van der Waals surface area (Å²) < 4.78 is 0. The molecule has 4 aromatic carbocycles. The van der Waals surface area contributed by atoms with Crippen LogP contribution in [0.3, 0.4) is 0 Å². The number of phenolic OH excluding ortho intramolecular Hbond substituents is 1. The lowest BCUT2D eigenvalue weighted by Gasteiger charge is -2.28. The fourth-order valence-corrected chi connectivity index (χ4v) is 8.76. The van der Waals surface area contributed by atoms with Crippen LogP contribution in [0.2, 0.25) is 5.02 Å². The molecule has 5 aromatic rings. The molecule has 13 N–H and O–H groups in total. The van der Waals surface area contributed by atoms with E-state index < -0.39 is 102 Å². The Morgan fingerprint density at radius 2 is 1.05 bits per heavy atom. The number of nitrogens with zero attached hydrogens (tertiary/aromatic N) is 1. The van der Waals surface area contributed by atoms with Crippen molar-refractivity contribution in [2.24, 2.45) is 11.7 Å². The summed E-state index contributed by atoms with van der Waals surface area (Å²) >= 11 is 6.19. The summed E-state index contributed by atoms with van der Waals surface area (Å²) in [6.45, 7) is 3.75. The van der Waals surface area contributed by atoms with Gasteiger partial charge in [-0.05, 0) is 101 Å². The van der Waals surface area contributed by atoms with Gasteiger partial charge in [0.05, 0.1) is 6.61 Å². The summed E-state index contributed by atoms with van der Waals surface area (Å²) in [5.74, 6) is -7.43. The number of carboxylic acids is 1. The molecular formula is C57H69ClN10O12. The number of aromatic nitrogens is 1. The minimum atomic E-state index is -1.76. The topological polar surface area (TPSA) is 349 Å². The fourth-order valence-electron chi connectivity index (χ4n) is 8.63. The molecule has 5 rings (SSSR count). The minimum absolute atomic E-state index is 0.0119. The van der Waals surface area contributed by atoms with Crippen molar-refractivity contribution in [2.75, 3.05) is 13.2 Å². The van der Waals surface area contributed by atoms with Gasteiger partial charge in [-0.25, -0.2) is 9.59 Å². The van der Waals surface area contributed by atoms with Crippen LogP contribution in [0, 0.1) is 5.92 Å². The number of carboxylic acid groups (broad SMARTS) is 1. The van der Waals surface area contributed by atoms with Gasteiger partial charge >= 0.3 is 12.0 Å². The van der Waals surface area contributed by atoms with Gasteiger partial charge in [0.2, 0.25) is 41.4 Å². The lowest BCUT2D eigenvalue weighted by molar-refractivity contribution is -0.143. The summed E-state index contributed by atoms with van der Waals surface area (Å²) in [6.07, 6.45) is 2.89. The van der Waals surface area contributed by atoms with E-state index in [1.165, 1.54) is 31.2 Å². The Morgan fingerprint density at radius 3 is 1.59 bits per heavy atom. The summed E-state index contributed by atoms with van der Waals surface area (Å²) in [5.41, 5.74) is 7.59.